The Bertz CT molecular complexity index is 1600. The summed E-state index contributed by atoms with van der Waals surface area (Å²) in [6.07, 6.45) is 3.71. The van der Waals surface area contributed by atoms with Crippen molar-refractivity contribution in [2.75, 3.05) is 7.11 Å². The standard InChI is InChI=1S/C32H35NO7/c1-20(2)10-13-22-8-7-9-25-26(17-33(28(22)25)31(36)40-32(3,4)5)29-30(27(35)16-24(18-34)39-29)38-19-21-11-14-23(37-6)15-12-21/h7-12,14-17,34H,13,18-19H2,1-6H3. The monoisotopic (exact) mass is 545 g/mol. The summed E-state index contributed by atoms with van der Waals surface area (Å²) in [4.78, 5) is 26.6. The highest BCUT2D eigenvalue weighted by Gasteiger charge is 2.26. The van der Waals surface area contributed by atoms with Crippen molar-refractivity contribution in [2.45, 2.75) is 59.9 Å². The third-order valence-electron chi connectivity index (χ3n) is 6.13. The third kappa shape index (κ3) is 6.46. The number of benzene rings is 2. The first-order chi connectivity index (χ1) is 19.0. The SMILES string of the molecule is COc1ccc(COc2c(-c3cn(C(=O)OC(C)(C)C)c4c(CC=C(C)C)cccc34)oc(CO)cc2=O)cc1. The Morgan fingerprint density at radius 1 is 1.10 bits per heavy atom. The number of fused-ring (bicyclic) bond motifs is 1. The number of aliphatic hydroxyl groups is 1. The molecule has 0 fully saturated rings. The molecule has 0 bridgehead atoms. The van der Waals surface area contributed by atoms with Gasteiger partial charge in [-0.1, -0.05) is 42.0 Å². The highest BCUT2D eigenvalue weighted by molar-refractivity contribution is 6.02. The Kier molecular flexibility index (Phi) is 8.49. The molecule has 4 aromatic rings. The molecule has 210 valence electrons. The van der Waals surface area contributed by atoms with Crippen molar-refractivity contribution in [3.63, 3.8) is 0 Å². The average molecular weight is 546 g/mol. The molecule has 2 heterocycles. The summed E-state index contributed by atoms with van der Waals surface area (Å²) in [5.74, 6) is 0.883. The molecule has 0 saturated heterocycles. The van der Waals surface area contributed by atoms with Gasteiger partial charge in [0.15, 0.2) is 5.76 Å². The molecule has 0 aliphatic carbocycles. The first kappa shape index (κ1) is 28.7. The van der Waals surface area contributed by atoms with Gasteiger partial charge >= 0.3 is 6.09 Å². The van der Waals surface area contributed by atoms with E-state index < -0.39 is 23.7 Å². The van der Waals surface area contributed by atoms with Crippen LogP contribution in [0.4, 0.5) is 4.79 Å². The normalized spacial score (nSPS) is 11.4. The van der Waals surface area contributed by atoms with E-state index in [0.29, 0.717) is 28.6 Å². The van der Waals surface area contributed by atoms with Gasteiger partial charge in [-0.25, -0.2) is 4.79 Å². The van der Waals surface area contributed by atoms with Crippen molar-refractivity contribution in [1.82, 2.24) is 4.57 Å². The van der Waals surface area contributed by atoms with Crippen LogP contribution in [0.3, 0.4) is 0 Å². The summed E-state index contributed by atoms with van der Waals surface area (Å²) in [6, 6.07) is 14.2. The van der Waals surface area contributed by atoms with Gasteiger partial charge in [-0.2, -0.15) is 0 Å². The maximum Gasteiger partial charge on any atom is 0.419 e. The number of carbonyl (C=O) groups excluding carboxylic acids is 1. The molecular formula is C32H35NO7. The highest BCUT2D eigenvalue weighted by atomic mass is 16.6. The Hall–Kier alpha value is -4.30. The van der Waals surface area contributed by atoms with Crippen LogP contribution in [0.5, 0.6) is 11.5 Å². The van der Waals surface area contributed by atoms with Crippen LogP contribution in [0.15, 0.2) is 75.6 Å². The van der Waals surface area contributed by atoms with E-state index in [-0.39, 0.29) is 23.9 Å². The maximum absolute atomic E-state index is 13.4. The van der Waals surface area contributed by atoms with Gasteiger partial charge < -0.3 is 23.7 Å². The first-order valence-electron chi connectivity index (χ1n) is 13.0. The van der Waals surface area contributed by atoms with Gasteiger partial charge in [0.05, 0.1) is 12.6 Å². The molecule has 8 nitrogen and oxygen atoms in total. The summed E-state index contributed by atoms with van der Waals surface area (Å²) in [7, 11) is 1.59. The molecule has 0 aliphatic heterocycles. The summed E-state index contributed by atoms with van der Waals surface area (Å²) < 4.78 is 24.4. The van der Waals surface area contributed by atoms with Crippen LogP contribution < -0.4 is 14.9 Å². The van der Waals surface area contributed by atoms with E-state index in [0.717, 1.165) is 16.7 Å². The minimum Gasteiger partial charge on any atom is -0.497 e. The molecular weight excluding hydrogens is 510 g/mol. The largest absolute Gasteiger partial charge is 0.497 e. The van der Waals surface area contributed by atoms with Crippen molar-refractivity contribution in [2.24, 2.45) is 0 Å². The predicted octanol–water partition coefficient (Wildman–Crippen LogP) is 6.63. The molecule has 8 heteroatoms. The van der Waals surface area contributed by atoms with Gasteiger partial charge in [0.1, 0.15) is 30.3 Å². The molecule has 0 saturated carbocycles. The molecule has 2 aromatic carbocycles. The summed E-state index contributed by atoms with van der Waals surface area (Å²) in [5, 5.41) is 10.5. The quantitative estimate of drug-likeness (QED) is 0.248. The van der Waals surface area contributed by atoms with Crippen LogP contribution in [0.1, 0.15) is 51.5 Å². The fraction of sp³-hybridized carbons (Fsp3) is 0.312. The van der Waals surface area contributed by atoms with Gasteiger partial charge in [0, 0.05) is 23.2 Å². The number of hydrogen-bond acceptors (Lipinski definition) is 7. The van der Waals surface area contributed by atoms with Crippen molar-refractivity contribution in [1.29, 1.82) is 0 Å². The van der Waals surface area contributed by atoms with E-state index in [1.165, 1.54) is 10.6 Å². The second-order valence-corrected chi connectivity index (χ2v) is 10.7. The number of hydrogen-bond donors (Lipinski definition) is 1. The molecule has 0 spiro atoms. The Morgan fingerprint density at radius 2 is 1.82 bits per heavy atom. The Labute approximate surface area is 233 Å². The fourth-order valence-electron chi connectivity index (χ4n) is 4.27. The number of rotatable bonds is 8. The predicted molar refractivity (Wildman–Crippen MR) is 154 cm³/mol. The number of ether oxygens (including phenoxy) is 3. The lowest BCUT2D eigenvalue weighted by atomic mass is 10.0. The highest BCUT2D eigenvalue weighted by Crippen LogP contribution is 2.38. The molecule has 40 heavy (non-hydrogen) atoms. The second-order valence-electron chi connectivity index (χ2n) is 10.7. The number of allylic oxidation sites excluding steroid dienone is 2. The molecule has 4 rings (SSSR count). The molecule has 0 aliphatic rings. The number of methoxy groups -OCH3 is 1. The van der Waals surface area contributed by atoms with Crippen molar-refractivity contribution >= 4 is 17.0 Å². The number of aliphatic hydroxyl groups excluding tert-OH is 1. The molecule has 0 unspecified atom stereocenters. The maximum atomic E-state index is 13.4. The van der Waals surface area contributed by atoms with Crippen molar-refractivity contribution in [3.05, 3.63) is 93.5 Å². The van der Waals surface area contributed by atoms with Crippen LogP contribution >= 0.6 is 0 Å². The van der Waals surface area contributed by atoms with Crippen LogP contribution in [0, 0.1) is 0 Å². The van der Waals surface area contributed by atoms with Crippen LogP contribution in [-0.4, -0.2) is 28.5 Å². The summed E-state index contributed by atoms with van der Waals surface area (Å²) >= 11 is 0. The van der Waals surface area contributed by atoms with E-state index in [2.05, 4.69) is 6.08 Å². The Balaban J connectivity index is 1.90. The van der Waals surface area contributed by atoms with E-state index in [1.54, 1.807) is 46.2 Å². The first-order valence-corrected chi connectivity index (χ1v) is 13.0. The van der Waals surface area contributed by atoms with Gasteiger partial charge in [0.25, 0.3) is 0 Å². The summed E-state index contributed by atoms with van der Waals surface area (Å²) in [5.41, 5.74) is 2.80. The van der Waals surface area contributed by atoms with E-state index in [4.69, 9.17) is 18.6 Å². The zero-order valence-electron chi connectivity index (χ0n) is 23.7. The smallest absolute Gasteiger partial charge is 0.419 e. The second kappa shape index (κ2) is 11.8. The van der Waals surface area contributed by atoms with E-state index >= 15 is 0 Å². The van der Waals surface area contributed by atoms with Crippen LogP contribution in [-0.2, 0) is 24.4 Å². The third-order valence-corrected chi connectivity index (χ3v) is 6.13. The lowest BCUT2D eigenvalue weighted by Crippen LogP contribution is -2.26. The number of para-hydroxylation sites is 1. The zero-order valence-corrected chi connectivity index (χ0v) is 23.7. The van der Waals surface area contributed by atoms with Gasteiger partial charge in [-0.05, 0) is 64.3 Å². The van der Waals surface area contributed by atoms with Gasteiger partial charge in [0.2, 0.25) is 11.2 Å². The molecule has 2 aromatic heterocycles. The van der Waals surface area contributed by atoms with Crippen LogP contribution in [0.25, 0.3) is 22.2 Å². The molecule has 0 radical (unpaired) electrons. The van der Waals surface area contributed by atoms with Crippen molar-refractivity contribution < 1.29 is 28.5 Å². The van der Waals surface area contributed by atoms with E-state index in [9.17, 15) is 14.7 Å². The Morgan fingerprint density at radius 3 is 2.45 bits per heavy atom. The number of nitrogens with zero attached hydrogens (tertiary/aromatic N) is 1. The molecule has 1 N–H and O–H groups in total. The number of carbonyl (C=O) groups is 1. The minimum atomic E-state index is -0.724. The number of aromatic nitrogens is 1. The topological polar surface area (TPSA) is 100 Å². The van der Waals surface area contributed by atoms with E-state index in [1.807, 2.05) is 44.2 Å². The van der Waals surface area contributed by atoms with Gasteiger partial charge in [-0.15, -0.1) is 0 Å². The zero-order chi connectivity index (χ0) is 29.0. The average Bonchev–Trinajstić information content (AvgIpc) is 3.30. The van der Waals surface area contributed by atoms with Crippen LogP contribution in [0.2, 0.25) is 0 Å². The minimum absolute atomic E-state index is 0.0223. The summed E-state index contributed by atoms with van der Waals surface area (Å²) in [6.45, 7) is 9.05. The molecule has 0 atom stereocenters. The fourth-order valence-corrected chi connectivity index (χ4v) is 4.27. The lowest BCUT2D eigenvalue weighted by Gasteiger charge is -2.20. The molecule has 0 amide bonds. The van der Waals surface area contributed by atoms with Crippen molar-refractivity contribution in [3.8, 4) is 22.8 Å². The lowest BCUT2D eigenvalue weighted by molar-refractivity contribution is 0.0544. The van der Waals surface area contributed by atoms with Gasteiger partial charge in [-0.3, -0.25) is 9.36 Å².